The number of hydrogen-bond donors (Lipinski definition) is 1. The highest BCUT2D eigenvalue weighted by atomic mass is 19.1. The highest BCUT2D eigenvalue weighted by molar-refractivity contribution is 6.13. The fourth-order valence-corrected chi connectivity index (χ4v) is 4.63. The number of rotatable bonds is 5. The van der Waals surface area contributed by atoms with Crippen molar-refractivity contribution in [2.45, 2.75) is 13.8 Å². The van der Waals surface area contributed by atoms with Crippen molar-refractivity contribution in [2.75, 3.05) is 26.0 Å². The number of fused-ring (bicyclic) bond motifs is 2. The maximum absolute atomic E-state index is 13.6. The molecule has 0 aliphatic rings. The molecule has 0 aliphatic carbocycles. The van der Waals surface area contributed by atoms with Crippen molar-refractivity contribution in [3.8, 4) is 33.9 Å². The van der Waals surface area contributed by atoms with E-state index in [1.54, 1.807) is 19.2 Å². The van der Waals surface area contributed by atoms with Crippen LogP contribution in [0.1, 0.15) is 24.2 Å². The number of anilines is 1. The van der Waals surface area contributed by atoms with E-state index in [2.05, 4.69) is 15.3 Å². The fourth-order valence-electron chi connectivity index (χ4n) is 4.63. The molecular weight excluding hydrogens is 582 g/mol. The standard InChI is InChI=1S/C30H22F2N4O3.C2H6.2CH2O/c1-33-29(37)26-22-13-21(23(36(2)3)14-24(22)38-27(26)16-7-9-19(31)10-8-16)17-5-4-6-18(11-17)30-35-28-25(39-30)12-20(32)15-34-28;3*1-2/h4-15H,1-3H3,(H,33,37);1-2H3;2*1H2. The number of aromatic nitrogens is 2. The van der Waals surface area contributed by atoms with Crippen LogP contribution in [0.3, 0.4) is 0 Å². The van der Waals surface area contributed by atoms with Gasteiger partial charge in [0.25, 0.3) is 5.91 Å². The largest absolute Gasteiger partial charge is 0.455 e. The number of hydrogen-bond acceptors (Lipinski definition) is 8. The van der Waals surface area contributed by atoms with Crippen LogP contribution in [0.15, 0.2) is 81.8 Å². The molecule has 0 saturated carbocycles. The number of furan rings is 1. The van der Waals surface area contributed by atoms with Gasteiger partial charge in [-0.15, -0.1) is 0 Å². The van der Waals surface area contributed by atoms with Gasteiger partial charge in [-0.05, 0) is 48.0 Å². The van der Waals surface area contributed by atoms with Crippen LogP contribution in [0.25, 0.3) is 56.1 Å². The minimum absolute atomic E-state index is 0.257. The second kappa shape index (κ2) is 15.1. The SMILES string of the molecule is C=O.C=O.CC.CNC(=O)c1c(-c2ccc(F)cc2)oc2cc(N(C)C)c(-c3cccc(-c4nc5ncc(F)cc5o4)c3)cc12. The average Bonchev–Trinajstić information content (AvgIpc) is 3.68. The van der Waals surface area contributed by atoms with Crippen molar-refractivity contribution in [3.63, 3.8) is 0 Å². The van der Waals surface area contributed by atoms with E-state index in [0.717, 1.165) is 23.0 Å². The van der Waals surface area contributed by atoms with E-state index in [1.807, 2.05) is 82.8 Å². The molecule has 45 heavy (non-hydrogen) atoms. The molecule has 0 radical (unpaired) electrons. The summed E-state index contributed by atoms with van der Waals surface area (Å²) in [5, 5.41) is 3.30. The zero-order valence-corrected chi connectivity index (χ0v) is 25.5. The summed E-state index contributed by atoms with van der Waals surface area (Å²) in [6.45, 7) is 8.00. The smallest absolute Gasteiger partial charge is 0.255 e. The van der Waals surface area contributed by atoms with Gasteiger partial charge in [0, 0.05) is 61.0 Å². The summed E-state index contributed by atoms with van der Waals surface area (Å²) in [5.41, 5.74) is 5.24. The molecule has 1 amide bonds. The zero-order valence-electron chi connectivity index (χ0n) is 25.5. The summed E-state index contributed by atoms with van der Waals surface area (Å²) < 4.78 is 39.2. The maximum atomic E-state index is 13.6. The van der Waals surface area contributed by atoms with E-state index in [4.69, 9.17) is 18.4 Å². The molecule has 0 saturated heterocycles. The molecule has 11 heteroatoms. The number of amides is 1. The Morgan fingerprint density at radius 1 is 0.822 bits per heavy atom. The van der Waals surface area contributed by atoms with Crippen LogP contribution >= 0.6 is 0 Å². The van der Waals surface area contributed by atoms with Crippen LogP contribution in [0.5, 0.6) is 0 Å². The van der Waals surface area contributed by atoms with Crippen molar-refractivity contribution in [2.24, 2.45) is 0 Å². The van der Waals surface area contributed by atoms with Gasteiger partial charge in [0.05, 0.1) is 11.8 Å². The first-order valence-electron chi connectivity index (χ1n) is 13.7. The Labute approximate surface area is 258 Å². The zero-order chi connectivity index (χ0) is 33.3. The summed E-state index contributed by atoms with van der Waals surface area (Å²) in [4.78, 5) is 39.4. The first kappa shape index (κ1) is 33.8. The molecule has 3 aromatic carbocycles. The number of pyridine rings is 1. The van der Waals surface area contributed by atoms with Gasteiger partial charge in [0.15, 0.2) is 11.2 Å². The van der Waals surface area contributed by atoms with Gasteiger partial charge in [0.1, 0.15) is 36.6 Å². The Kier molecular flexibility index (Phi) is 11.4. The average molecular weight is 615 g/mol. The van der Waals surface area contributed by atoms with Gasteiger partial charge in [-0.2, -0.15) is 4.98 Å². The number of halogens is 2. The molecule has 0 unspecified atom stereocenters. The van der Waals surface area contributed by atoms with E-state index >= 15 is 0 Å². The van der Waals surface area contributed by atoms with Crippen molar-refractivity contribution in [1.29, 1.82) is 0 Å². The van der Waals surface area contributed by atoms with Crippen LogP contribution in [0, 0.1) is 11.6 Å². The second-order valence-corrected chi connectivity index (χ2v) is 9.23. The molecule has 232 valence electrons. The Hall–Kier alpha value is -5.71. The Morgan fingerprint density at radius 3 is 2.13 bits per heavy atom. The predicted octanol–water partition coefficient (Wildman–Crippen LogP) is 7.33. The van der Waals surface area contributed by atoms with Crippen molar-refractivity contribution in [3.05, 3.63) is 90.1 Å². The lowest BCUT2D eigenvalue weighted by Gasteiger charge is -2.18. The lowest BCUT2D eigenvalue weighted by atomic mass is 9.97. The minimum atomic E-state index is -0.505. The lowest BCUT2D eigenvalue weighted by molar-refractivity contribution is -0.0987. The van der Waals surface area contributed by atoms with E-state index in [-0.39, 0.29) is 17.3 Å². The molecule has 3 aromatic heterocycles. The molecule has 3 heterocycles. The molecule has 0 atom stereocenters. The normalized spacial score (nSPS) is 10.1. The highest BCUT2D eigenvalue weighted by Crippen LogP contribution is 2.41. The fraction of sp³-hybridized carbons (Fsp3) is 0.147. The summed E-state index contributed by atoms with van der Waals surface area (Å²) in [6.07, 6.45) is 1.10. The summed E-state index contributed by atoms with van der Waals surface area (Å²) >= 11 is 0. The third-order valence-corrected chi connectivity index (χ3v) is 6.48. The van der Waals surface area contributed by atoms with Crippen molar-refractivity contribution < 1.29 is 32.0 Å². The molecule has 1 N–H and O–H groups in total. The van der Waals surface area contributed by atoms with E-state index in [1.165, 1.54) is 18.2 Å². The van der Waals surface area contributed by atoms with Crippen LogP contribution in [0.2, 0.25) is 0 Å². The third kappa shape index (κ3) is 6.93. The summed E-state index contributed by atoms with van der Waals surface area (Å²) in [5.74, 6) is -0.545. The molecule has 0 aliphatic heterocycles. The number of carbonyl (C=O) groups excluding carboxylic acids is 3. The first-order valence-corrected chi connectivity index (χ1v) is 13.7. The van der Waals surface area contributed by atoms with Crippen LogP contribution in [0.4, 0.5) is 14.5 Å². The Balaban J connectivity index is 0.000000870. The number of nitrogens with one attached hydrogen (secondary N) is 1. The number of carbonyl (C=O) groups is 3. The van der Waals surface area contributed by atoms with Gasteiger partial charge in [-0.1, -0.05) is 26.0 Å². The van der Waals surface area contributed by atoms with Crippen molar-refractivity contribution >= 4 is 47.4 Å². The van der Waals surface area contributed by atoms with Crippen LogP contribution in [-0.4, -0.2) is 50.6 Å². The third-order valence-electron chi connectivity index (χ3n) is 6.48. The highest BCUT2D eigenvalue weighted by Gasteiger charge is 2.24. The molecule has 6 aromatic rings. The van der Waals surface area contributed by atoms with Gasteiger partial charge < -0.3 is 28.6 Å². The van der Waals surface area contributed by atoms with Crippen molar-refractivity contribution in [1.82, 2.24) is 15.3 Å². The molecular formula is C34H32F2N4O5. The Morgan fingerprint density at radius 2 is 1.49 bits per heavy atom. The van der Waals surface area contributed by atoms with Crippen LogP contribution < -0.4 is 10.2 Å². The van der Waals surface area contributed by atoms with E-state index < -0.39 is 5.82 Å². The van der Waals surface area contributed by atoms with Gasteiger partial charge in [0.2, 0.25) is 5.89 Å². The lowest BCUT2D eigenvalue weighted by Crippen LogP contribution is -2.18. The van der Waals surface area contributed by atoms with E-state index in [0.29, 0.717) is 45.0 Å². The topological polar surface area (TPSA) is 119 Å². The molecule has 6 rings (SSSR count). The Bertz CT molecular complexity index is 1910. The predicted molar refractivity (Wildman–Crippen MR) is 171 cm³/mol. The monoisotopic (exact) mass is 614 g/mol. The van der Waals surface area contributed by atoms with Crippen LogP contribution in [-0.2, 0) is 9.59 Å². The summed E-state index contributed by atoms with van der Waals surface area (Å²) in [7, 11) is 5.38. The maximum Gasteiger partial charge on any atom is 0.255 e. The summed E-state index contributed by atoms with van der Waals surface area (Å²) in [6, 6.07) is 18.4. The minimum Gasteiger partial charge on any atom is -0.455 e. The molecule has 0 spiro atoms. The van der Waals surface area contributed by atoms with Gasteiger partial charge in [-0.25, -0.2) is 13.8 Å². The first-order chi connectivity index (χ1) is 21.8. The molecule has 0 bridgehead atoms. The van der Waals surface area contributed by atoms with E-state index in [9.17, 15) is 13.6 Å². The van der Waals surface area contributed by atoms with Gasteiger partial charge >= 0.3 is 0 Å². The van der Waals surface area contributed by atoms with Gasteiger partial charge in [-0.3, -0.25) is 4.79 Å². The molecule has 9 nitrogen and oxygen atoms in total. The molecule has 0 fully saturated rings. The number of benzene rings is 3. The number of oxazole rings is 1. The quantitative estimate of drug-likeness (QED) is 0.214. The second-order valence-electron chi connectivity index (χ2n) is 9.23. The number of nitrogens with zero attached hydrogens (tertiary/aromatic N) is 3.